The topological polar surface area (TPSA) is 129 Å². The Bertz CT molecular complexity index is 1770. The Morgan fingerprint density at radius 2 is 0.824 bits per heavy atom. The quantitative estimate of drug-likeness (QED) is 0.405. The van der Waals surface area contributed by atoms with E-state index in [-0.39, 0.29) is 43.9 Å². The molecular formula is C28H10N4O2. The molecule has 34 heavy (non-hydrogen) atoms. The fourth-order valence-electron chi connectivity index (χ4n) is 4.36. The van der Waals surface area contributed by atoms with Gasteiger partial charge in [0.2, 0.25) is 0 Å². The molecule has 5 aromatic carbocycles. The van der Waals surface area contributed by atoms with Crippen LogP contribution in [0.3, 0.4) is 0 Å². The van der Waals surface area contributed by atoms with Crippen molar-refractivity contribution in [3.8, 4) is 46.5 Å². The van der Waals surface area contributed by atoms with Crippen LogP contribution in [-0.4, -0.2) is 0 Å². The van der Waals surface area contributed by atoms with Crippen molar-refractivity contribution in [2.24, 2.45) is 0 Å². The third kappa shape index (κ3) is 2.78. The first-order chi connectivity index (χ1) is 16.5. The fraction of sp³-hybridized carbons (Fsp3) is 0. The van der Waals surface area contributed by atoms with Crippen LogP contribution in [0.2, 0.25) is 0 Å². The number of fused-ring (bicyclic) bond motifs is 2. The molecule has 0 aromatic heterocycles. The largest absolute Gasteiger partial charge is 0.289 e. The highest BCUT2D eigenvalue weighted by Crippen LogP contribution is 2.35. The minimum Gasteiger partial charge on any atom is -0.289 e. The Balaban J connectivity index is 1.83. The molecule has 0 atom stereocenters. The van der Waals surface area contributed by atoms with Gasteiger partial charge in [0.25, 0.3) is 0 Å². The standard InChI is InChI=1S/C28H10N4O2/c29-11-15-1-5-17(6-2-15)25-23(13-31)19-9-22-20(10-21(19)27(25)33)24(14-32)26(28(22)34)18-7-3-16(12-30)4-8-18/h1-10H. The molecule has 0 unspecified atom stereocenters. The fourth-order valence-corrected chi connectivity index (χ4v) is 4.36. The van der Waals surface area contributed by atoms with Gasteiger partial charge >= 0.3 is 0 Å². The van der Waals surface area contributed by atoms with Gasteiger partial charge < -0.3 is 0 Å². The van der Waals surface area contributed by atoms with Gasteiger partial charge in [-0.05, 0) is 47.5 Å². The average Bonchev–Trinajstić information content (AvgIpc) is 3.32. The predicted octanol–water partition coefficient (Wildman–Crippen LogP) is 4.41. The Labute approximate surface area is 192 Å². The van der Waals surface area contributed by atoms with E-state index in [2.05, 4.69) is 12.1 Å². The normalized spacial score (nSPS) is 10.5. The third-order valence-electron chi connectivity index (χ3n) is 5.97. The van der Waals surface area contributed by atoms with E-state index in [1.165, 1.54) is 12.1 Å². The molecule has 0 radical (unpaired) electrons. The van der Waals surface area contributed by atoms with Gasteiger partial charge in [0.1, 0.15) is 12.1 Å². The molecule has 154 valence electrons. The highest BCUT2D eigenvalue weighted by Gasteiger charge is 2.24. The van der Waals surface area contributed by atoms with Crippen molar-refractivity contribution in [1.82, 2.24) is 0 Å². The van der Waals surface area contributed by atoms with Gasteiger partial charge in [-0.1, -0.05) is 24.3 Å². The van der Waals surface area contributed by atoms with Crippen molar-refractivity contribution in [1.29, 1.82) is 21.0 Å². The summed E-state index contributed by atoms with van der Waals surface area (Å²) in [6.07, 6.45) is 0. The van der Waals surface area contributed by atoms with Crippen LogP contribution in [0.15, 0.2) is 70.3 Å². The Morgan fingerprint density at radius 3 is 1.12 bits per heavy atom. The van der Waals surface area contributed by atoms with Gasteiger partial charge in [0.05, 0.1) is 34.4 Å². The molecule has 5 aromatic rings. The monoisotopic (exact) mass is 434 g/mol. The number of nitrogens with zero attached hydrogens (tertiary/aromatic N) is 4. The number of hydrogen-bond donors (Lipinski definition) is 0. The van der Waals surface area contributed by atoms with E-state index in [9.17, 15) is 20.1 Å². The van der Waals surface area contributed by atoms with Gasteiger partial charge in [0.15, 0.2) is 10.9 Å². The molecule has 0 fully saturated rings. The first kappa shape index (κ1) is 20.3. The van der Waals surface area contributed by atoms with Gasteiger partial charge in [0, 0.05) is 32.7 Å². The zero-order valence-electron chi connectivity index (χ0n) is 17.4. The molecule has 0 heterocycles. The van der Waals surface area contributed by atoms with Crippen molar-refractivity contribution in [3.63, 3.8) is 0 Å². The smallest absolute Gasteiger partial charge is 0.195 e. The van der Waals surface area contributed by atoms with E-state index in [1.807, 2.05) is 12.1 Å². The van der Waals surface area contributed by atoms with Crippen molar-refractivity contribution in [3.05, 3.63) is 103 Å². The molecule has 0 N–H and O–H groups in total. The number of hydrogen-bond acceptors (Lipinski definition) is 6. The molecule has 0 spiro atoms. The highest BCUT2D eigenvalue weighted by molar-refractivity contribution is 6.10. The van der Waals surface area contributed by atoms with Gasteiger partial charge in [-0.2, -0.15) is 21.0 Å². The predicted molar refractivity (Wildman–Crippen MR) is 126 cm³/mol. The second-order valence-corrected chi connectivity index (χ2v) is 7.70. The summed E-state index contributed by atoms with van der Waals surface area (Å²) >= 11 is 0. The molecule has 6 heteroatoms. The maximum atomic E-state index is 13.3. The summed E-state index contributed by atoms with van der Waals surface area (Å²) in [5.41, 5.74) is 1.78. The van der Waals surface area contributed by atoms with Gasteiger partial charge in [-0.25, -0.2) is 0 Å². The van der Waals surface area contributed by atoms with Crippen LogP contribution >= 0.6 is 0 Å². The lowest BCUT2D eigenvalue weighted by Gasteiger charge is -1.98. The Morgan fingerprint density at radius 1 is 0.471 bits per heavy atom. The molecule has 6 nitrogen and oxygen atoms in total. The van der Waals surface area contributed by atoms with Crippen LogP contribution in [0.1, 0.15) is 22.3 Å². The van der Waals surface area contributed by atoms with Gasteiger partial charge in [-0.3, -0.25) is 9.59 Å². The van der Waals surface area contributed by atoms with Crippen LogP contribution in [-0.2, 0) is 0 Å². The lowest BCUT2D eigenvalue weighted by atomic mass is 10.0. The maximum absolute atomic E-state index is 13.3. The van der Waals surface area contributed by atoms with E-state index >= 15 is 0 Å². The van der Waals surface area contributed by atoms with E-state index in [1.54, 1.807) is 48.5 Å². The summed E-state index contributed by atoms with van der Waals surface area (Å²) < 4.78 is 0. The van der Waals surface area contributed by atoms with Crippen LogP contribution in [0.25, 0.3) is 43.8 Å². The molecule has 0 aliphatic heterocycles. The molecular weight excluding hydrogens is 424 g/mol. The summed E-state index contributed by atoms with van der Waals surface area (Å²) in [7, 11) is 0. The molecule has 0 aliphatic carbocycles. The molecule has 0 amide bonds. The zero-order valence-corrected chi connectivity index (χ0v) is 17.4. The third-order valence-corrected chi connectivity index (χ3v) is 5.97. The molecule has 5 rings (SSSR count). The maximum Gasteiger partial charge on any atom is 0.195 e. The lowest BCUT2D eigenvalue weighted by molar-refractivity contribution is 1.48. The lowest BCUT2D eigenvalue weighted by Crippen LogP contribution is -1.99. The molecule has 0 saturated heterocycles. The van der Waals surface area contributed by atoms with Crippen LogP contribution in [0.5, 0.6) is 0 Å². The average molecular weight is 434 g/mol. The highest BCUT2D eigenvalue weighted by atomic mass is 16.1. The van der Waals surface area contributed by atoms with E-state index in [0.29, 0.717) is 33.0 Å². The number of benzene rings is 3. The summed E-state index contributed by atoms with van der Waals surface area (Å²) in [4.78, 5) is 26.7. The summed E-state index contributed by atoms with van der Waals surface area (Å²) in [5.74, 6) is 0. The minimum absolute atomic E-state index is 0.144. The van der Waals surface area contributed by atoms with Crippen molar-refractivity contribution >= 4 is 21.5 Å². The second kappa shape index (κ2) is 7.54. The molecule has 0 saturated carbocycles. The van der Waals surface area contributed by atoms with Crippen molar-refractivity contribution < 1.29 is 0 Å². The first-order valence-corrected chi connectivity index (χ1v) is 10.1. The van der Waals surface area contributed by atoms with E-state index in [0.717, 1.165) is 0 Å². The Kier molecular flexibility index (Phi) is 4.51. The van der Waals surface area contributed by atoms with E-state index in [4.69, 9.17) is 10.5 Å². The van der Waals surface area contributed by atoms with Crippen molar-refractivity contribution in [2.75, 3.05) is 0 Å². The molecule has 0 bridgehead atoms. The number of nitriles is 4. The van der Waals surface area contributed by atoms with Crippen LogP contribution < -0.4 is 10.9 Å². The Hall–Kier alpha value is -5.56. The van der Waals surface area contributed by atoms with Crippen molar-refractivity contribution in [2.45, 2.75) is 0 Å². The SMILES string of the molecule is N#Cc1ccc(-c2c(C#N)c3cc4c(=O)c(-c5ccc(C#N)cc5)c(C#N)c4cc3c2=O)cc1. The number of rotatable bonds is 2. The minimum atomic E-state index is -0.379. The van der Waals surface area contributed by atoms with Crippen LogP contribution in [0.4, 0.5) is 0 Å². The van der Waals surface area contributed by atoms with Crippen LogP contribution in [0, 0.1) is 45.3 Å². The second-order valence-electron chi connectivity index (χ2n) is 7.70. The first-order valence-electron chi connectivity index (χ1n) is 10.1. The summed E-state index contributed by atoms with van der Waals surface area (Å²) in [6, 6.07) is 23.9. The summed E-state index contributed by atoms with van der Waals surface area (Å²) in [6.45, 7) is 0. The van der Waals surface area contributed by atoms with E-state index < -0.39 is 0 Å². The zero-order chi connectivity index (χ0) is 24.0. The molecule has 0 aliphatic rings. The summed E-state index contributed by atoms with van der Waals surface area (Å²) in [5, 5.41) is 39.0. The van der Waals surface area contributed by atoms with Gasteiger partial charge in [-0.15, -0.1) is 0 Å².